The van der Waals surface area contributed by atoms with E-state index in [1.807, 2.05) is 50.2 Å². The molecule has 0 aromatic heterocycles. The van der Waals surface area contributed by atoms with Gasteiger partial charge in [0.1, 0.15) is 0 Å². The quantitative estimate of drug-likeness (QED) is 0.593. The highest BCUT2D eigenvalue weighted by atomic mass is 35.5. The number of aryl methyl sites for hydroxylation is 2. The van der Waals surface area contributed by atoms with E-state index >= 15 is 0 Å². The number of hydrogen-bond donors (Lipinski definition) is 1. The monoisotopic (exact) mass is 338 g/mol. The molecule has 110 valence electrons. The summed E-state index contributed by atoms with van der Waals surface area (Å²) in [6.45, 7) is 4.05. The predicted octanol–water partition coefficient (Wildman–Crippen LogP) is 5.49. The van der Waals surface area contributed by atoms with Crippen molar-refractivity contribution in [3.63, 3.8) is 0 Å². The maximum atomic E-state index is 6.15. The van der Waals surface area contributed by atoms with Gasteiger partial charge in [-0.25, -0.2) is 4.99 Å². The predicted molar refractivity (Wildman–Crippen MR) is 95.0 cm³/mol. The lowest BCUT2D eigenvalue weighted by Crippen LogP contribution is -2.07. The van der Waals surface area contributed by atoms with E-state index in [0.29, 0.717) is 21.0 Å². The molecule has 0 saturated heterocycles. The lowest BCUT2D eigenvalue weighted by Gasteiger charge is -2.08. The Hall–Kier alpha value is -1.16. The van der Waals surface area contributed by atoms with Gasteiger partial charge in [-0.2, -0.15) is 0 Å². The van der Waals surface area contributed by atoms with E-state index in [9.17, 15) is 0 Å². The van der Waals surface area contributed by atoms with Gasteiger partial charge in [-0.1, -0.05) is 59.2 Å². The summed E-state index contributed by atoms with van der Waals surface area (Å²) in [7, 11) is 0. The van der Waals surface area contributed by atoms with Crippen molar-refractivity contribution in [1.29, 1.82) is 0 Å². The summed E-state index contributed by atoms with van der Waals surface area (Å²) in [6.07, 6.45) is 0. The van der Waals surface area contributed by atoms with Gasteiger partial charge in [-0.15, -0.1) is 0 Å². The molecule has 0 unspecified atom stereocenters. The molecule has 0 spiro atoms. The van der Waals surface area contributed by atoms with Gasteiger partial charge in [0.15, 0.2) is 5.17 Å². The van der Waals surface area contributed by atoms with Crippen molar-refractivity contribution >= 4 is 45.8 Å². The van der Waals surface area contributed by atoms with Gasteiger partial charge in [-0.05, 0) is 42.7 Å². The van der Waals surface area contributed by atoms with Crippen molar-refractivity contribution in [2.24, 2.45) is 10.7 Å². The van der Waals surface area contributed by atoms with Crippen LogP contribution in [0.15, 0.2) is 41.4 Å². The zero-order valence-corrected chi connectivity index (χ0v) is 14.2. The molecular weight excluding hydrogens is 323 g/mol. The zero-order valence-electron chi connectivity index (χ0n) is 11.9. The molecular formula is C16H16Cl2N2S. The van der Waals surface area contributed by atoms with Crippen LogP contribution in [-0.4, -0.2) is 5.17 Å². The molecule has 2 nitrogen and oxygen atoms in total. The SMILES string of the molecule is Cc1cccc(C)c1N=C(N)SCc1c(Cl)cccc1Cl. The van der Waals surface area contributed by atoms with Crippen molar-refractivity contribution in [3.8, 4) is 0 Å². The second kappa shape index (κ2) is 7.21. The minimum absolute atomic E-state index is 0.503. The number of rotatable bonds is 3. The van der Waals surface area contributed by atoms with Gasteiger partial charge in [0.05, 0.1) is 5.69 Å². The first-order chi connectivity index (χ1) is 9.99. The molecule has 2 rings (SSSR count). The van der Waals surface area contributed by atoms with Crippen molar-refractivity contribution in [3.05, 3.63) is 63.1 Å². The van der Waals surface area contributed by atoms with Gasteiger partial charge in [-0.3, -0.25) is 0 Å². The van der Waals surface area contributed by atoms with Gasteiger partial charge in [0, 0.05) is 15.8 Å². The molecule has 2 aromatic rings. The Morgan fingerprint density at radius 1 is 1.05 bits per heavy atom. The highest BCUT2D eigenvalue weighted by molar-refractivity contribution is 8.13. The van der Waals surface area contributed by atoms with E-state index in [2.05, 4.69) is 4.99 Å². The lowest BCUT2D eigenvalue weighted by atomic mass is 10.1. The summed E-state index contributed by atoms with van der Waals surface area (Å²) in [5, 5.41) is 1.80. The molecule has 0 aliphatic heterocycles. The summed E-state index contributed by atoms with van der Waals surface area (Å²) in [4.78, 5) is 4.50. The topological polar surface area (TPSA) is 38.4 Å². The Labute approximate surface area is 139 Å². The average Bonchev–Trinajstić information content (AvgIpc) is 2.42. The van der Waals surface area contributed by atoms with Gasteiger partial charge in [0.25, 0.3) is 0 Å². The molecule has 0 fully saturated rings. The summed E-state index contributed by atoms with van der Waals surface area (Å²) >= 11 is 13.7. The lowest BCUT2D eigenvalue weighted by molar-refractivity contribution is 1.32. The first-order valence-corrected chi connectivity index (χ1v) is 8.19. The Morgan fingerprint density at radius 2 is 1.57 bits per heavy atom. The van der Waals surface area contributed by atoms with Crippen LogP contribution in [0.1, 0.15) is 16.7 Å². The Morgan fingerprint density at radius 3 is 2.14 bits per heavy atom. The molecule has 21 heavy (non-hydrogen) atoms. The molecule has 0 aliphatic rings. The Kier molecular flexibility index (Phi) is 5.57. The van der Waals surface area contributed by atoms with Crippen LogP contribution in [0, 0.1) is 13.8 Å². The van der Waals surface area contributed by atoms with Crippen LogP contribution in [0.3, 0.4) is 0 Å². The second-order valence-corrected chi connectivity index (χ2v) is 6.49. The fourth-order valence-corrected chi connectivity index (χ4v) is 3.39. The first-order valence-electron chi connectivity index (χ1n) is 6.45. The molecule has 0 bridgehead atoms. The van der Waals surface area contributed by atoms with Crippen LogP contribution in [-0.2, 0) is 5.75 Å². The minimum Gasteiger partial charge on any atom is -0.378 e. The van der Waals surface area contributed by atoms with Crippen molar-refractivity contribution < 1.29 is 0 Å². The fraction of sp³-hybridized carbons (Fsp3) is 0.188. The van der Waals surface area contributed by atoms with E-state index in [-0.39, 0.29) is 0 Å². The minimum atomic E-state index is 0.503. The van der Waals surface area contributed by atoms with E-state index in [1.165, 1.54) is 11.8 Å². The van der Waals surface area contributed by atoms with Crippen molar-refractivity contribution in [2.75, 3.05) is 0 Å². The molecule has 0 atom stereocenters. The van der Waals surface area contributed by atoms with E-state index in [4.69, 9.17) is 28.9 Å². The number of halogens is 2. The van der Waals surface area contributed by atoms with Gasteiger partial charge >= 0.3 is 0 Å². The number of amidine groups is 1. The third-order valence-corrected chi connectivity index (χ3v) is 4.62. The van der Waals surface area contributed by atoms with Crippen LogP contribution in [0.2, 0.25) is 10.0 Å². The Bertz CT molecular complexity index is 643. The smallest absolute Gasteiger partial charge is 0.159 e. The number of thioether (sulfide) groups is 1. The average molecular weight is 339 g/mol. The maximum Gasteiger partial charge on any atom is 0.159 e. The Balaban J connectivity index is 2.15. The fourth-order valence-electron chi connectivity index (χ4n) is 1.94. The van der Waals surface area contributed by atoms with Gasteiger partial charge in [0.2, 0.25) is 0 Å². The van der Waals surface area contributed by atoms with E-state index < -0.39 is 0 Å². The van der Waals surface area contributed by atoms with Crippen LogP contribution < -0.4 is 5.73 Å². The highest BCUT2D eigenvalue weighted by Gasteiger charge is 2.07. The third-order valence-electron chi connectivity index (χ3n) is 3.09. The number of nitrogens with zero attached hydrogens (tertiary/aromatic N) is 1. The standard InChI is InChI=1S/C16H16Cl2N2S/c1-10-5-3-6-11(2)15(10)20-16(19)21-9-12-13(17)7-4-8-14(12)18/h3-8H,9H2,1-2H3,(H2,19,20). The number of aliphatic imine (C=N–C) groups is 1. The first kappa shape index (κ1) is 16.2. The number of hydrogen-bond acceptors (Lipinski definition) is 2. The van der Waals surface area contributed by atoms with Crippen LogP contribution in [0.4, 0.5) is 5.69 Å². The third kappa shape index (κ3) is 4.16. The van der Waals surface area contributed by atoms with E-state index in [1.54, 1.807) is 0 Å². The van der Waals surface area contributed by atoms with E-state index in [0.717, 1.165) is 22.4 Å². The molecule has 0 saturated carbocycles. The molecule has 0 aliphatic carbocycles. The highest BCUT2D eigenvalue weighted by Crippen LogP contribution is 2.29. The van der Waals surface area contributed by atoms with Crippen molar-refractivity contribution in [1.82, 2.24) is 0 Å². The van der Waals surface area contributed by atoms with Gasteiger partial charge < -0.3 is 5.73 Å². The molecule has 2 N–H and O–H groups in total. The molecule has 2 aromatic carbocycles. The second-order valence-electron chi connectivity index (χ2n) is 4.68. The summed E-state index contributed by atoms with van der Waals surface area (Å²) < 4.78 is 0. The van der Waals surface area contributed by atoms with Crippen LogP contribution >= 0.6 is 35.0 Å². The summed E-state index contributed by atoms with van der Waals surface area (Å²) in [5.41, 5.74) is 10.0. The summed E-state index contributed by atoms with van der Waals surface area (Å²) in [6, 6.07) is 11.5. The number of nitrogens with two attached hydrogens (primary N) is 1. The molecule has 0 amide bonds. The number of para-hydroxylation sites is 1. The molecule has 0 radical (unpaired) electrons. The largest absolute Gasteiger partial charge is 0.378 e. The summed E-state index contributed by atoms with van der Waals surface area (Å²) in [5.74, 6) is 0.596. The number of benzene rings is 2. The van der Waals surface area contributed by atoms with Crippen LogP contribution in [0.25, 0.3) is 0 Å². The molecule has 5 heteroatoms. The normalized spacial score (nSPS) is 11.7. The van der Waals surface area contributed by atoms with Crippen molar-refractivity contribution in [2.45, 2.75) is 19.6 Å². The molecule has 0 heterocycles. The maximum absolute atomic E-state index is 6.15. The zero-order chi connectivity index (χ0) is 15.4. The van der Waals surface area contributed by atoms with Crippen LogP contribution in [0.5, 0.6) is 0 Å².